The molecule has 0 radical (unpaired) electrons. The van der Waals surface area contributed by atoms with Crippen LogP contribution in [-0.2, 0) is 10.3 Å². The number of phenolic OH excluding ortho intramolecular Hbond substituents is 1. The monoisotopic (exact) mass is 387 g/mol. The van der Waals surface area contributed by atoms with Gasteiger partial charge in [-0.2, -0.15) is 0 Å². The number of hydrogen-bond acceptors (Lipinski definition) is 8. The third-order valence-corrected chi connectivity index (χ3v) is 4.70. The number of aromatic hydroxyl groups is 1. The van der Waals surface area contributed by atoms with Gasteiger partial charge in [0.05, 0.1) is 15.9 Å². The second-order valence-electron chi connectivity index (χ2n) is 6.38. The van der Waals surface area contributed by atoms with E-state index in [0.29, 0.717) is 32.0 Å². The third kappa shape index (κ3) is 3.62. The molecule has 1 aliphatic rings. The molecule has 1 heterocycles. The summed E-state index contributed by atoms with van der Waals surface area (Å²) in [5.74, 6) is -2.02. The highest BCUT2D eigenvalue weighted by Crippen LogP contribution is 2.39. The van der Waals surface area contributed by atoms with Crippen LogP contribution in [0.2, 0.25) is 0 Å². The van der Waals surface area contributed by atoms with Crippen molar-refractivity contribution >= 4 is 17.3 Å². The van der Waals surface area contributed by atoms with Crippen LogP contribution < -0.4 is 5.32 Å². The molecule has 10 nitrogen and oxygen atoms in total. The predicted octanol–water partition coefficient (Wildman–Crippen LogP) is 2.64. The molecule has 0 bridgehead atoms. The van der Waals surface area contributed by atoms with Crippen LogP contribution in [-0.4, -0.2) is 34.0 Å². The number of piperidine rings is 1. The Balaban J connectivity index is 2.03. The van der Waals surface area contributed by atoms with E-state index in [0.717, 1.165) is 11.6 Å². The Kier molecular flexibility index (Phi) is 5.23. The molecule has 0 atom stereocenters. The van der Waals surface area contributed by atoms with Gasteiger partial charge in [0, 0.05) is 18.9 Å². The van der Waals surface area contributed by atoms with Gasteiger partial charge in [-0.25, -0.2) is 4.79 Å². The van der Waals surface area contributed by atoms with E-state index in [1.54, 1.807) is 24.3 Å². The normalized spacial score (nSPS) is 15.6. The fourth-order valence-electron chi connectivity index (χ4n) is 3.26. The molecule has 0 aliphatic carbocycles. The summed E-state index contributed by atoms with van der Waals surface area (Å²) in [7, 11) is 0. The van der Waals surface area contributed by atoms with E-state index in [-0.39, 0.29) is 0 Å². The lowest BCUT2D eigenvalue weighted by atomic mass is 9.84. The quantitative estimate of drug-likeness (QED) is 0.452. The number of phenols is 1. The average Bonchev–Trinajstić information content (AvgIpc) is 2.69. The van der Waals surface area contributed by atoms with Crippen LogP contribution in [0.4, 0.5) is 11.4 Å². The molecule has 2 N–H and O–H groups in total. The van der Waals surface area contributed by atoms with E-state index in [9.17, 15) is 30.1 Å². The van der Waals surface area contributed by atoms with E-state index in [1.165, 1.54) is 0 Å². The van der Waals surface area contributed by atoms with E-state index in [1.807, 2.05) is 6.07 Å². The van der Waals surface area contributed by atoms with Crippen molar-refractivity contribution in [2.45, 2.75) is 18.4 Å². The van der Waals surface area contributed by atoms with Crippen LogP contribution in [0.3, 0.4) is 0 Å². The van der Waals surface area contributed by atoms with Crippen LogP contribution in [0, 0.1) is 20.2 Å². The van der Waals surface area contributed by atoms with Gasteiger partial charge < -0.3 is 15.2 Å². The van der Waals surface area contributed by atoms with Gasteiger partial charge >= 0.3 is 11.7 Å². The number of nitrogens with zero attached hydrogens (tertiary/aromatic N) is 2. The van der Waals surface area contributed by atoms with Crippen LogP contribution in [0.1, 0.15) is 28.8 Å². The van der Waals surface area contributed by atoms with Gasteiger partial charge in [-0.15, -0.1) is 0 Å². The van der Waals surface area contributed by atoms with Gasteiger partial charge in [-0.05, 0) is 18.7 Å². The molecule has 1 aliphatic heterocycles. The molecule has 0 saturated carbocycles. The lowest BCUT2D eigenvalue weighted by Crippen LogP contribution is -2.43. The van der Waals surface area contributed by atoms with Crippen molar-refractivity contribution in [1.82, 2.24) is 5.32 Å². The average molecular weight is 387 g/mol. The van der Waals surface area contributed by atoms with E-state index in [2.05, 4.69) is 5.32 Å². The number of nitro groups is 2. The van der Waals surface area contributed by atoms with Crippen molar-refractivity contribution in [2.24, 2.45) is 0 Å². The first-order chi connectivity index (χ1) is 13.3. The molecule has 0 spiro atoms. The molecule has 0 unspecified atom stereocenters. The molecule has 1 saturated heterocycles. The minimum atomic E-state index is -1.06. The number of carbonyl (C=O) groups is 1. The summed E-state index contributed by atoms with van der Waals surface area (Å²) >= 11 is 0. The van der Waals surface area contributed by atoms with Crippen LogP contribution in [0.15, 0.2) is 42.5 Å². The maximum atomic E-state index is 12.8. The van der Waals surface area contributed by atoms with Crippen molar-refractivity contribution in [3.8, 4) is 5.75 Å². The molecular formula is C18H17N3O7. The second kappa shape index (κ2) is 7.61. The fraction of sp³-hybridized carbons (Fsp3) is 0.278. The number of nitrogens with one attached hydrogen (secondary N) is 1. The van der Waals surface area contributed by atoms with Gasteiger partial charge in [0.2, 0.25) is 5.75 Å². The smallest absolute Gasteiger partial charge is 0.343 e. The minimum absolute atomic E-state index is 0.445. The highest BCUT2D eigenvalue weighted by Gasteiger charge is 2.39. The molecule has 2 aromatic carbocycles. The summed E-state index contributed by atoms with van der Waals surface area (Å²) in [6, 6.07) is 10.4. The van der Waals surface area contributed by atoms with Gasteiger partial charge in [-0.1, -0.05) is 30.3 Å². The Bertz CT molecular complexity index is 924. The first-order valence-corrected chi connectivity index (χ1v) is 8.49. The number of ether oxygens (including phenoxy) is 1. The fourth-order valence-corrected chi connectivity index (χ4v) is 3.26. The number of esters is 1. The first-order valence-electron chi connectivity index (χ1n) is 8.49. The summed E-state index contributed by atoms with van der Waals surface area (Å²) in [5.41, 5.74) is -2.50. The van der Waals surface area contributed by atoms with Gasteiger partial charge in [0.15, 0.2) is 0 Å². The number of carbonyl (C=O) groups excluding carboxylic acids is 1. The largest absolute Gasteiger partial charge is 0.501 e. The number of rotatable bonds is 5. The van der Waals surface area contributed by atoms with Crippen LogP contribution in [0.25, 0.3) is 0 Å². The number of non-ortho nitro benzene ring substituents is 1. The number of hydrogen-bond donors (Lipinski definition) is 2. The zero-order valence-electron chi connectivity index (χ0n) is 14.7. The zero-order chi connectivity index (χ0) is 20.3. The minimum Gasteiger partial charge on any atom is -0.501 e. The lowest BCUT2D eigenvalue weighted by Gasteiger charge is -2.37. The topological polar surface area (TPSA) is 145 Å². The molecule has 3 rings (SSSR count). The predicted molar refractivity (Wildman–Crippen MR) is 97.1 cm³/mol. The Morgan fingerprint density at radius 1 is 1.07 bits per heavy atom. The molecule has 1 fully saturated rings. The third-order valence-electron chi connectivity index (χ3n) is 4.70. The Morgan fingerprint density at radius 2 is 1.71 bits per heavy atom. The number of benzene rings is 2. The van der Waals surface area contributed by atoms with E-state index < -0.39 is 44.1 Å². The molecular weight excluding hydrogens is 370 g/mol. The molecule has 0 amide bonds. The summed E-state index contributed by atoms with van der Waals surface area (Å²) in [5, 5.41) is 35.5. The highest BCUT2D eigenvalue weighted by atomic mass is 16.6. The maximum absolute atomic E-state index is 12.8. The summed E-state index contributed by atoms with van der Waals surface area (Å²) < 4.78 is 5.72. The Hall–Kier alpha value is -3.53. The first kappa shape index (κ1) is 19.2. The van der Waals surface area contributed by atoms with E-state index >= 15 is 0 Å². The van der Waals surface area contributed by atoms with Crippen LogP contribution >= 0.6 is 0 Å². The molecule has 146 valence electrons. The summed E-state index contributed by atoms with van der Waals surface area (Å²) in [4.78, 5) is 33.1. The number of nitro benzene ring substituents is 2. The summed E-state index contributed by atoms with van der Waals surface area (Å²) in [6.45, 7) is 1.15. The van der Waals surface area contributed by atoms with Gasteiger partial charge in [0.1, 0.15) is 11.2 Å². The standard InChI is InChI=1S/C18H17N3O7/c22-16-14(10-13(20(24)25)11-15(16)21(26)27)17(23)28-18(6-8-19-9-7-18)12-4-2-1-3-5-12/h1-5,10-11,19,22H,6-9H2. The van der Waals surface area contributed by atoms with Crippen molar-refractivity contribution in [1.29, 1.82) is 0 Å². The van der Waals surface area contributed by atoms with Gasteiger partial charge in [0.25, 0.3) is 5.69 Å². The van der Waals surface area contributed by atoms with Crippen molar-refractivity contribution in [3.63, 3.8) is 0 Å². The van der Waals surface area contributed by atoms with Crippen molar-refractivity contribution in [2.75, 3.05) is 13.1 Å². The maximum Gasteiger partial charge on any atom is 0.343 e. The SMILES string of the molecule is O=C(OC1(c2ccccc2)CCNCC1)c1cc([N+](=O)[O-])cc([N+](=O)[O-])c1O. The van der Waals surface area contributed by atoms with Gasteiger partial charge in [-0.3, -0.25) is 20.2 Å². The Morgan fingerprint density at radius 3 is 2.29 bits per heavy atom. The second-order valence-corrected chi connectivity index (χ2v) is 6.38. The molecule has 10 heteroatoms. The van der Waals surface area contributed by atoms with Crippen LogP contribution in [0.5, 0.6) is 5.75 Å². The molecule has 0 aromatic heterocycles. The highest BCUT2D eigenvalue weighted by molar-refractivity contribution is 5.95. The molecule has 2 aromatic rings. The summed E-state index contributed by atoms with van der Waals surface area (Å²) in [6.07, 6.45) is 0.890. The molecule has 28 heavy (non-hydrogen) atoms. The zero-order valence-corrected chi connectivity index (χ0v) is 14.7. The van der Waals surface area contributed by atoms with E-state index in [4.69, 9.17) is 4.74 Å². The van der Waals surface area contributed by atoms with Crippen molar-refractivity contribution in [3.05, 3.63) is 73.8 Å². The Labute approximate surface area is 159 Å². The van der Waals surface area contributed by atoms with Crippen molar-refractivity contribution < 1.29 is 24.5 Å². The lowest BCUT2D eigenvalue weighted by molar-refractivity contribution is -0.394.